The van der Waals surface area contributed by atoms with E-state index in [1.54, 1.807) is 30.3 Å². The van der Waals surface area contributed by atoms with E-state index in [1.807, 2.05) is 6.07 Å². The topological polar surface area (TPSA) is 48.7 Å². The van der Waals surface area contributed by atoms with Crippen molar-refractivity contribution in [2.45, 2.75) is 25.1 Å². The number of nitrogens with one attached hydrogen (secondary N) is 1. The maximum atomic E-state index is 13.7. The zero-order valence-electron chi connectivity index (χ0n) is 13.6. The van der Waals surface area contributed by atoms with Gasteiger partial charge in [0.1, 0.15) is 5.82 Å². The molecule has 0 radical (unpaired) electrons. The minimum absolute atomic E-state index is 0.105. The van der Waals surface area contributed by atoms with Crippen LogP contribution in [0.15, 0.2) is 48.7 Å². The Kier molecular flexibility index (Phi) is 3.80. The highest BCUT2D eigenvalue weighted by Crippen LogP contribution is 2.42. The van der Waals surface area contributed by atoms with Crippen LogP contribution < -0.4 is 5.32 Å². The lowest BCUT2D eigenvalue weighted by Gasteiger charge is -2.17. The third-order valence-corrected chi connectivity index (χ3v) is 4.44. The summed E-state index contributed by atoms with van der Waals surface area (Å²) < 4.78 is 41.0. The third-order valence-electron chi connectivity index (χ3n) is 4.44. The molecule has 4 rings (SSSR count). The van der Waals surface area contributed by atoms with E-state index in [0.29, 0.717) is 27.9 Å². The van der Waals surface area contributed by atoms with Gasteiger partial charge in [-0.1, -0.05) is 24.3 Å². The second-order valence-corrected chi connectivity index (χ2v) is 6.36. The number of alkyl halides is 3. The average molecular weight is 353 g/mol. The van der Waals surface area contributed by atoms with Gasteiger partial charge in [0.05, 0.1) is 17.2 Å². The molecule has 2 aromatic carbocycles. The molecule has 0 amide bonds. The monoisotopic (exact) mass is 353 g/mol. The van der Waals surface area contributed by atoms with Crippen molar-refractivity contribution in [1.82, 2.24) is 4.98 Å². The van der Waals surface area contributed by atoms with Gasteiger partial charge in [0.2, 0.25) is 0 Å². The van der Waals surface area contributed by atoms with Gasteiger partial charge in [-0.2, -0.15) is 18.4 Å². The van der Waals surface area contributed by atoms with Crippen LogP contribution in [0.5, 0.6) is 0 Å². The van der Waals surface area contributed by atoms with Crippen molar-refractivity contribution in [2.75, 3.05) is 5.32 Å². The summed E-state index contributed by atoms with van der Waals surface area (Å²) in [6.45, 7) is 0. The van der Waals surface area contributed by atoms with Gasteiger partial charge in [-0.3, -0.25) is 0 Å². The molecule has 1 aromatic heterocycles. The van der Waals surface area contributed by atoms with E-state index in [0.717, 1.165) is 18.9 Å². The third kappa shape index (κ3) is 2.97. The Morgan fingerprint density at radius 1 is 1.12 bits per heavy atom. The minimum atomic E-state index is -4.49. The van der Waals surface area contributed by atoms with Gasteiger partial charge in [0.25, 0.3) is 0 Å². The molecule has 0 saturated heterocycles. The number of rotatable bonds is 3. The second-order valence-electron chi connectivity index (χ2n) is 6.36. The standard InChI is InChI=1S/C20H14F3N3/c21-20(22,23)17-6-2-5-15-18(17)16(11-25-19(15)26-14-7-8-14)13-4-1-3-12(9-13)10-24/h1-6,9,11,14H,7-8H2,(H,25,26). The normalized spacial score (nSPS) is 14.2. The Morgan fingerprint density at radius 3 is 2.58 bits per heavy atom. The van der Waals surface area contributed by atoms with Crippen LogP contribution in [0.25, 0.3) is 21.9 Å². The molecule has 0 aliphatic heterocycles. The predicted octanol–water partition coefficient (Wildman–Crippen LogP) is 5.37. The quantitative estimate of drug-likeness (QED) is 0.689. The summed E-state index contributed by atoms with van der Waals surface area (Å²) in [7, 11) is 0. The molecule has 130 valence electrons. The molecule has 1 aliphatic carbocycles. The van der Waals surface area contributed by atoms with Gasteiger partial charge in [0.15, 0.2) is 0 Å². The van der Waals surface area contributed by atoms with Crippen LogP contribution in [0.4, 0.5) is 19.0 Å². The second kappa shape index (κ2) is 6.03. The molecule has 26 heavy (non-hydrogen) atoms. The first kappa shape index (κ1) is 16.4. The van der Waals surface area contributed by atoms with Crippen molar-refractivity contribution in [3.05, 3.63) is 59.8 Å². The van der Waals surface area contributed by atoms with Gasteiger partial charge >= 0.3 is 6.18 Å². The highest BCUT2D eigenvalue weighted by molar-refractivity contribution is 6.04. The first-order valence-electron chi connectivity index (χ1n) is 8.23. The number of hydrogen-bond acceptors (Lipinski definition) is 3. The molecular formula is C20H14F3N3. The first-order chi connectivity index (χ1) is 12.5. The largest absolute Gasteiger partial charge is 0.417 e. The number of aromatic nitrogens is 1. The molecule has 0 spiro atoms. The number of nitrogens with zero attached hydrogens (tertiary/aromatic N) is 2. The van der Waals surface area contributed by atoms with E-state index in [4.69, 9.17) is 5.26 Å². The van der Waals surface area contributed by atoms with Crippen LogP contribution in [0, 0.1) is 11.3 Å². The highest BCUT2D eigenvalue weighted by atomic mass is 19.4. The molecule has 1 heterocycles. The number of benzene rings is 2. The van der Waals surface area contributed by atoms with Crippen LogP contribution in [0.2, 0.25) is 0 Å². The van der Waals surface area contributed by atoms with Crippen LogP contribution in [0.1, 0.15) is 24.0 Å². The van der Waals surface area contributed by atoms with Crippen molar-refractivity contribution in [1.29, 1.82) is 5.26 Å². The fourth-order valence-electron chi connectivity index (χ4n) is 3.05. The van der Waals surface area contributed by atoms with Crippen LogP contribution in [-0.4, -0.2) is 11.0 Å². The van der Waals surface area contributed by atoms with Gasteiger partial charge in [-0.25, -0.2) is 4.98 Å². The van der Waals surface area contributed by atoms with Gasteiger partial charge in [-0.05, 0) is 36.6 Å². The Bertz CT molecular complexity index is 1030. The fourth-order valence-corrected chi connectivity index (χ4v) is 3.05. The molecule has 1 N–H and O–H groups in total. The molecule has 0 unspecified atom stereocenters. The van der Waals surface area contributed by atoms with E-state index >= 15 is 0 Å². The molecule has 6 heteroatoms. The predicted molar refractivity (Wildman–Crippen MR) is 93.5 cm³/mol. The number of nitriles is 1. The highest BCUT2D eigenvalue weighted by Gasteiger charge is 2.34. The van der Waals surface area contributed by atoms with E-state index in [9.17, 15) is 13.2 Å². The summed E-state index contributed by atoms with van der Waals surface area (Å²) in [6, 6.07) is 13.0. The Labute approximate surface area is 148 Å². The van der Waals surface area contributed by atoms with Crippen LogP contribution in [-0.2, 0) is 6.18 Å². The molecule has 1 fully saturated rings. The average Bonchev–Trinajstić information content (AvgIpc) is 3.45. The first-order valence-corrected chi connectivity index (χ1v) is 8.23. The van der Waals surface area contributed by atoms with E-state index in [1.165, 1.54) is 12.3 Å². The molecule has 3 nitrogen and oxygen atoms in total. The summed E-state index contributed by atoms with van der Waals surface area (Å²) in [5, 5.41) is 12.9. The SMILES string of the molecule is N#Cc1cccc(-c2cnc(NC3CC3)c3cccc(C(F)(F)F)c23)c1. The number of hydrogen-bond donors (Lipinski definition) is 1. The molecule has 1 saturated carbocycles. The Hall–Kier alpha value is -3.07. The Balaban J connectivity index is 2.02. The number of halogens is 3. The maximum Gasteiger partial charge on any atom is 0.417 e. The van der Waals surface area contributed by atoms with Crippen LogP contribution >= 0.6 is 0 Å². The lowest BCUT2D eigenvalue weighted by atomic mass is 9.95. The summed E-state index contributed by atoms with van der Waals surface area (Å²) >= 11 is 0. The smallest absolute Gasteiger partial charge is 0.367 e. The lowest BCUT2D eigenvalue weighted by molar-refractivity contribution is -0.136. The minimum Gasteiger partial charge on any atom is -0.367 e. The van der Waals surface area contributed by atoms with Crippen molar-refractivity contribution in [3.63, 3.8) is 0 Å². The van der Waals surface area contributed by atoms with Crippen molar-refractivity contribution in [2.24, 2.45) is 0 Å². The molecule has 0 atom stereocenters. The van der Waals surface area contributed by atoms with Gasteiger partial charge in [0, 0.05) is 28.6 Å². The van der Waals surface area contributed by atoms with Gasteiger partial charge < -0.3 is 5.32 Å². The zero-order chi connectivity index (χ0) is 18.3. The number of pyridine rings is 1. The summed E-state index contributed by atoms with van der Waals surface area (Å²) in [5.74, 6) is 0.466. The molecular weight excluding hydrogens is 339 g/mol. The van der Waals surface area contributed by atoms with E-state index in [-0.39, 0.29) is 11.4 Å². The lowest BCUT2D eigenvalue weighted by Crippen LogP contribution is -2.09. The van der Waals surface area contributed by atoms with Crippen molar-refractivity contribution >= 4 is 16.6 Å². The summed E-state index contributed by atoms with van der Waals surface area (Å²) in [5.41, 5.74) is 0.594. The molecule has 1 aliphatic rings. The fraction of sp³-hybridized carbons (Fsp3) is 0.200. The molecule has 0 bridgehead atoms. The number of anilines is 1. The zero-order valence-corrected chi connectivity index (χ0v) is 13.6. The van der Waals surface area contributed by atoms with Crippen molar-refractivity contribution < 1.29 is 13.2 Å². The number of fused-ring (bicyclic) bond motifs is 1. The maximum absolute atomic E-state index is 13.7. The van der Waals surface area contributed by atoms with Gasteiger partial charge in [-0.15, -0.1) is 0 Å². The Morgan fingerprint density at radius 2 is 1.88 bits per heavy atom. The summed E-state index contributed by atoms with van der Waals surface area (Å²) in [6.07, 6.45) is -1.04. The van der Waals surface area contributed by atoms with Crippen LogP contribution in [0.3, 0.4) is 0 Å². The van der Waals surface area contributed by atoms with Crippen molar-refractivity contribution in [3.8, 4) is 17.2 Å². The summed E-state index contributed by atoms with van der Waals surface area (Å²) in [4.78, 5) is 4.38. The van der Waals surface area contributed by atoms with E-state index < -0.39 is 11.7 Å². The molecule has 3 aromatic rings. The van der Waals surface area contributed by atoms with E-state index in [2.05, 4.69) is 10.3 Å².